The monoisotopic (exact) mass is 399 g/mol. The Kier molecular flexibility index (Phi) is 6.17. The van der Waals surface area contributed by atoms with E-state index >= 15 is 0 Å². The topological polar surface area (TPSA) is 105 Å². The van der Waals surface area contributed by atoms with Crippen molar-refractivity contribution in [3.63, 3.8) is 0 Å². The summed E-state index contributed by atoms with van der Waals surface area (Å²) < 4.78 is 28.1. The van der Waals surface area contributed by atoms with Crippen LogP contribution < -0.4 is 10.0 Å². The molecule has 0 atom stereocenters. The van der Waals surface area contributed by atoms with Crippen LogP contribution in [0.5, 0.6) is 0 Å². The predicted molar refractivity (Wildman–Crippen MR) is 107 cm³/mol. The van der Waals surface area contributed by atoms with E-state index in [0.29, 0.717) is 11.5 Å². The van der Waals surface area contributed by atoms with Crippen molar-refractivity contribution in [3.05, 3.63) is 71.0 Å². The molecule has 2 N–H and O–H groups in total. The van der Waals surface area contributed by atoms with E-state index in [2.05, 4.69) is 20.2 Å². The maximum Gasteiger partial charge on any atom is 0.233 e. The maximum atomic E-state index is 12.0. The highest BCUT2D eigenvalue weighted by Gasteiger charge is 2.09. The van der Waals surface area contributed by atoms with Crippen LogP contribution in [0.3, 0.4) is 0 Å². The number of rotatable bonds is 8. The van der Waals surface area contributed by atoms with Crippen molar-refractivity contribution in [2.45, 2.75) is 19.9 Å². The molecule has 0 saturated carbocycles. The number of carbonyl (C=O) groups excluding carboxylic acids is 1. The van der Waals surface area contributed by atoms with Crippen molar-refractivity contribution >= 4 is 27.7 Å². The summed E-state index contributed by atoms with van der Waals surface area (Å²) in [6, 6.07) is 13.0. The van der Waals surface area contributed by atoms with E-state index in [0.717, 1.165) is 16.5 Å². The third-order valence-corrected chi connectivity index (χ3v) is 5.10. The summed E-state index contributed by atoms with van der Waals surface area (Å²) in [6.07, 6.45) is 3.35. The highest BCUT2D eigenvalue weighted by molar-refractivity contribution is 7.92. The second-order valence-electron chi connectivity index (χ2n) is 6.22. The van der Waals surface area contributed by atoms with Gasteiger partial charge in [-0.05, 0) is 30.7 Å². The molecule has 1 aromatic carbocycles. The lowest BCUT2D eigenvalue weighted by Gasteiger charge is -2.05. The Hall–Kier alpha value is -3.04. The van der Waals surface area contributed by atoms with Gasteiger partial charge in [0.25, 0.3) is 0 Å². The van der Waals surface area contributed by atoms with Gasteiger partial charge in [0.1, 0.15) is 0 Å². The zero-order valence-corrected chi connectivity index (χ0v) is 16.2. The van der Waals surface area contributed by atoms with Gasteiger partial charge in [-0.2, -0.15) is 0 Å². The molecular weight excluding hydrogens is 378 g/mol. The van der Waals surface area contributed by atoms with E-state index in [1.54, 1.807) is 4.40 Å². The van der Waals surface area contributed by atoms with E-state index in [9.17, 15) is 13.2 Å². The summed E-state index contributed by atoms with van der Waals surface area (Å²) in [4.78, 5) is 12.0. The average Bonchev–Trinajstić information content (AvgIpc) is 3.09. The van der Waals surface area contributed by atoms with Gasteiger partial charge in [-0.1, -0.05) is 35.9 Å². The number of pyridine rings is 1. The first-order valence-corrected chi connectivity index (χ1v) is 10.3. The summed E-state index contributed by atoms with van der Waals surface area (Å²) >= 11 is 0. The van der Waals surface area contributed by atoms with E-state index < -0.39 is 10.0 Å². The van der Waals surface area contributed by atoms with Crippen LogP contribution in [0.25, 0.3) is 11.7 Å². The van der Waals surface area contributed by atoms with Crippen molar-refractivity contribution in [2.24, 2.45) is 0 Å². The number of aryl methyl sites for hydroxylation is 1. The Labute approximate surface area is 163 Å². The maximum absolute atomic E-state index is 12.0. The molecule has 0 spiro atoms. The molecule has 2 aromatic heterocycles. The molecule has 28 heavy (non-hydrogen) atoms. The van der Waals surface area contributed by atoms with Crippen LogP contribution in [0.15, 0.2) is 54.1 Å². The highest BCUT2D eigenvalue weighted by Crippen LogP contribution is 2.06. The predicted octanol–water partition coefficient (Wildman–Crippen LogP) is 1.63. The zero-order valence-electron chi connectivity index (χ0n) is 15.4. The van der Waals surface area contributed by atoms with Crippen LogP contribution in [-0.2, 0) is 21.4 Å². The normalized spacial score (nSPS) is 11.9. The lowest BCUT2D eigenvalue weighted by atomic mass is 10.2. The molecule has 0 aliphatic heterocycles. The average molecular weight is 399 g/mol. The molecule has 3 aromatic rings. The Morgan fingerprint density at radius 1 is 1.14 bits per heavy atom. The molecule has 2 heterocycles. The van der Waals surface area contributed by atoms with Gasteiger partial charge >= 0.3 is 0 Å². The Balaban J connectivity index is 1.44. The Morgan fingerprint density at radius 3 is 2.71 bits per heavy atom. The first kappa shape index (κ1) is 19.7. The number of benzene rings is 1. The third-order valence-electron chi connectivity index (χ3n) is 4.00. The van der Waals surface area contributed by atoms with Crippen molar-refractivity contribution in [1.82, 2.24) is 24.6 Å². The van der Waals surface area contributed by atoms with Gasteiger partial charge in [0.05, 0.1) is 6.54 Å². The fraction of sp³-hybridized carbons (Fsp3) is 0.211. The number of nitrogens with one attached hydrogen (secondary N) is 2. The van der Waals surface area contributed by atoms with Gasteiger partial charge in [-0.3, -0.25) is 9.20 Å². The van der Waals surface area contributed by atoms with Crippen LogP contribution in [0.1, 0.15) is 23.4 Å². The lowest BCUT2D eigenvalue weighted by molar-refractivity contribution is -0.121. The molecule has 0 aliphatic rings. The Bertz CT molecular complexity index is 1090. The smallest absolute Gasteiger partial charge is 0.233 e. The Morgan fingerprint density at radius 2 is 1.93 bits per heavy atom. The molecule has 1 amide bonds. The second-order valence-corrected chi connectivity index (χ2v) is 7.88. The number of nitrogens with zero attached hydrogens (tertiary/aromatic N) is 3. The molecule has 0 fully saturated rings. The van der Waals surface area contributed by atoms with Gasteiger partial charge in [-0.15, -0.1) is 10.2 Å². The van der Waals surface area contributed by atoms with Crippen molar-refractivity contribution < 1.29 is 13.2 Å². The molecule has 8 nitrogen and oxygen atoms in total. The lowest BCUT2D eigenvalue weighted by Crippen LogP contribution is -2.30. The summed E-state index contributed by atoms with van der Waals surface area (Å²) in [5.74, 6) is 0.323. The quantitative estimate of drug-likeness (QED) is 0.599. The number of fused-ring (bicyclic) bond motifs is 1. The number of hydrogen-bond acceptors (Lipinski definition) is 5. The molecule has 9 heteroatoms. The van der Waals surface area contributed by atoms with E-state index in [4.69, 9.17) is 0 Å². The number of hydrogen-bond donors (Lipinski definition) is 2. The van der Waals surface area contributed by atoms with E-state index in [-0.39, 0.29) is 25.4 Å². The molecule has 0 unspecified atom stereocenters. The number of amides is 1. The van der Waals surface area contributed by atoms with Gasteiger partial charge in [-0.25, -0.2) is 13.1 Å². The molecule has 146 valence electrons. The zero-order chi connectivity index (χ0) is 20.0. The molecule has 0 aliphatic carbocycles. The second kappa shape index (κ2) is 8.77. The van der Waals surface area contributed by atoms with Gasteiger partial charge in [0, 0.05) is 24.6 Å². The van der Waals surface area contributed by atoms with E-state index in [1.807, 2.05) is 55.6 Å². The first-order valence-electron chi connectivity index (χ1n) is 8.73. The van der Waals surface area contributed by atoms with E-state index in [1.165, 1.54) is 6.08 Å². The third kappa shape index (κ3) is 5.48. The fourth-order valence-corrected chi connectivity index (χ4v) is 3.30. The number of sulfonamides is 1. The van der Waals surface area contributed by atoms with Crippen LogP contribution in [-0.4, -0.2) is 35.5 Å². The summed E-state index contributed by atoms with van der Waals surface area (Å²) in [5.41, 5.74) is 2.58. The molecule has 0 bridgehead atoms. The minimum Gasteiger partial charge on any atom is -0.349 e. The first-order chi connectivity index (χ1) is 13.4. The summed E-state index contributed by atoms with van der Waals surface area (Å²) in [6.45, 7) is 2.18. The van der Waals surface area contributed by atoms with Gasteiger partial charge in [0.2, 0.25) is 15.9 Å². The summed E-state index contributed by atoms with van der Waals surface area (Å²) in [7, 11) is -3.61. The SMILES string of the molecule is Cc1ccc(/C=C/S(=O)(=O)NCCC(=O)NCc2nnc3ccccn23)cc1. The summed E-state index contributed by atoms with van der Waals surface area (Å²) in [5, 5.41) is 11.8. The van der Waals surface area contributed by atoms with Crippen LogP contribution >= 0.6 is 0 Å². The standard InChI is InChI=1S/C19H21N5O3S/c1-15-5-7-16(8-6-15)10-13-28(26,27)21-11-9-19(25)20-14-18-23-22-17-4-2-3-12-24(17)18/h2-8,10,12-13,21H,9,11,14H2,1H3,(H,20,25)/b13-10+. The highest BCUT2D eigenvalue weighted by atomic mass is 32.2. The van der Waals surface area contributed by atoms with Gasteiger partial charge in [0.15, 0.2) is 11.5 Å². The number of carbonyl (C=O) groups is 1. The number of aromatic nitrogens is 3. The molecule has 0 saturated heterocycles. The molecule has 0 radical (unpaired) electrons. The van der Waals surface area contributed by atoms with Crippen LogP contribution in [0.2, 0.25) is 0 Å². The largest absolute Gasteiger partial charge is 0.349 e. The van der Waals surface area contributed by atoms with Crippen LogP contribution in [0.4, 0.5) is 0 Å². The minimum atomic E-state index is -3.61. The molecule has 3 rings (SSSR count). The van der Waals surface area contributed by atoms with Gasteiger partial charge < -0.3 is 5.32 Å². The fourth-order valence-electron chi connectivity index (χ4n) is 2.48. The van der Waals surface area contributed by atoms with Crippen molar-refractivity contribution in [1.29, 1.82) is 0 Å². The van der Waals surface area contributed by atoms with Crippen molar-refractivity contribution in [3.8, 4) is 0 Å². The minimum absolute atomic E-state index is 0.00693. The molecular formula is C19H21N5O3S. The van der Waals surface area contributed by atoms with Crippen molar-refractivity contribution in [2.75, 3.05) is 6.54 Å². The van der Waals surface area contributed by atoms with Crippen LogP contribution in [0, 0.1) is 6.92 Å².